The first-order valence-corrected chi connectivity index (χ1v) is 3.92. The number of methoxy groups -OCH3 is 1. The number of hydrogen-bond donors (Lipinski definition) is 0. The second-order valence-electron chi connectivity index (χ2n) is 2.86. The topological polar surface area (TPSA) is 26.3 Å². The van der Waals surface area contributed by atoms with Gasteiger partial charge in [0.2, 0.25) is 0 Å². The number of esters is 1. The molecule has 1 saturated carbocycles. The van der Waals surface area contributed by atoms with E-state index >= 15 is 0 Å². The third kappa shape index (κ3) is 6.42. The van der Waals surface area contributed by atoms with Gasteiger partial charge in [0.1, 0.15) is 0 Å². The Bertz CT molecular complexity index is 125. The van der Waals surface area contributed by atoms with E-state index in [9.17, 15) is 4.79 Å². The maximum Gasteiger partial charge on any atom is 0.308 e. The first kappa shape index (κ1) is 19.0. The molecule has 0 saturated heterocycles. The van der Waals surface area contributed by atoms with Gasteiger partial charge in [-0.3, -0.25) is 4.79 Å². The summed E-state index contributed by atoms with van der Waals surface area (Å²) in [5, 5.41) is 0. The van der Waals surface area contributed by atoms with Crippen molar-refractivity contribution in [1.82, 2.24) is 0 Å². The summed E-state index contributed by atoms with van der Waals surface area (Å²) in [4.78, 5) is 10.9. The van der Waals surface area contributed by atoms with E-state index in [2.05, 4.69) is 4.74 Å². The summed E-state index contributed by atoms with van der Waals surface area (Å²) in [6, 6.07) is 0. The molecule has 0 spiro atoms. The zero-order valence-corrected chi connectivity index (χ0v) is 10.1. The molecule has 0 atom stereocenters. The predicted molar refractivity (Wildman–Crippen MR) is 60.3 cm³/mol. The van der Waals surface area contributed by atoms with Crippen LogP contribution in [0, 0.1) is 5.92 Å². The van der Waals surface area contributed by atoms with Crippen molar-refractivity contribution in [2.45, 2.75) is 32.1 Å². The van der Waals surface area contributed by atoms with E-state index in [1.54, 1.807) is 0 Å². The Balaban J connectivity index is -0.000000333. The normalized spacial score (nSPS) is 15.8. The van der Waals surface area contributed by atoms with Gasteiger partial charge in [-0.2, -0.15) is 0 Å². The molecule has 0 aromatic carbocycles. The highest BCUT2D eigenvalue weighted by atomic mass is 35.5. The second kappa shape index (κ2) is 10.4. The highest BCUT2D eigenvalue weighted by Crippen LogP contribution is 2.24. The Labute approximate surface area is 98.0 Å². The van der Waals surface area contributed by atoms with Gasteiger partial charge in [-0.25, -0.2) is 0 Å². The molecule has 0 unspecified atom stereocenters. The number of carbonyl (C=O) groups excluding carboxylic acids is 1. The molecular formula is C8H17Cl3O2. The van der Waals surface area contributed by atoms with Crippen molar-refractivity contribution in [2.75, 3.05) is 7.11 Å². The van der Waals surface area contributed by atoms with Gasteiger partial charge in [0.25, 0.3) is 0 Å². The lowest BCUT2D eigenvalue weighted by molar-refractivity contribution is -0.146. The Morgan fingerprint density at radius 2 is 1.54 bits per heavy atom. The molecule has 0 amide bonds. The summed E-state index contributed by atoms with van der Waals surface area (Å²) in [5.74, 6) is 0.193. The van der Waals surface area contributed by atoms with Crippen LogP contribution in [0.2, 0.25) is 0 Å². The summed E-state index contributed by atoms with van der Waals surface area (Å²) < 4.78 is 4.65. The fraction of sp³-hybridized carbons (Fsp3) is 0.875. The fourth-order valence-electron chi connectivity index (χ4n) is 1.50. The smallest absolute Gasteiger partial charge is 0.308 e. The van der Waals surface area contributed by atoms with Gasteiger partial charge in [0, 0.05) is 0 Å². The molecule has 1 aliphatic carbocycles. The summed E-state index contributed by atoms with van der Waals surface area (Å²) in [5.41, 5.74) is 0. The average Bonchev–Trinajstić information content (AvgIpc) is 2.05. The van der Waals surface area contributed by atoms with Crippen LogP contribution >= 0.6 is 37.2 Å². The Hall–Kier alpha value is 0.340. The minimum absolute atomic E-state index is 0. The van der Waals surface area contributed by atoms with E-state index in [1.165, 1.54) is 26.4 Å². The van der Waals surface area contributed by atoms with Gasteiger partial charge >= 0.3 is 5.97 Å². The van der Waals surface area contributed by atoms with Crippen molar-refractivity contribution in [3.8, 4) is 0 Å². The predicted octanol–water partition coefficient (Wildman–Crippen LogP) is 3.01. The molecule has 0 N–H and O–H groups in total. The standard InChI is InChI=1S/C8H14O2.3ClH/c1-10-8(9)7-5-3-2-4-6-7;;;/h7H,2-6H2,1H3;3*1H. The molecule has 0 heterocycles. The lowest BCUT2D eigenvalue weighted by Crippen LogP contribution is -2.18. The minimum Gasteiger partial charge on any atom is -0.469 e. The molecule has 0 aromatic rings. The van der Waals surface area contributed by atoms with E-state index in [1.807, 2.05) is 0 Å². The summed E-state index contributed by atoms with van der Waals surface area (Å²) in [6.07, 6.45) is 5.74. The largest absolute Gasteiger partial charge is 0.469 e. The lowest BCUT2D eigenvalue weighted by atomic mass is 9.89. The number of ether oxygens (including phenoxy) is 1. The summed E-state index contributed by atoms with van der Waals surface area (Å²) in [6.45, 7) is 0. The van der Waals surface area contributed by atoms with Crippen molar-refractivity contribution in [3.05, 3.63) is 0 Å². The van der Waals surface area contributed by atoms with Crippen LogP contribution in [0.5, 0.6) is 0 Å². The van der Waals surface area contributed by atoms with Crippen LogP contribution in [-0.2, 0) is 9.53 Å². The molecule has 5 heteroatoms. The number of carbonyl (C=O) groups is 1. The Morgan fingerprint density at radius 3 is 1.92 bits per heavy atom. The molecule has 0 radical (unpaired) electrons. The van der Waals surface area contributed by atoms with E-state index in [4.69, 9.17) is 0 Å². The SMILES string of the molecule is COC(=O)C1CCCCC1.Cl.Cl.Cl. The van der Waals surface area contributed by atoms with Crippen molar-refractivity contribution in [3.63, 3.8) is 0 Å². The molecular weight excluding hydrogens is 234 g/mol. The molecule has 2 nitrogen and oxygen atoms in total. The van der Waals surface area contributed by atoms with E-state index in [0.717, 1.165) is 12.8 Å². The monoisotopic (exact) mass is 250 g/mol. The quantitative estimate of drug-likeness (QED) is 0.670. The molecule has 1 aliphatic rings. The van der Waals surface area contributed by atoms with Gasteiger partial charge in [0.05, 0.1) is 13.0 Å². The van der Waals surface area contributed by atoms with Gasteiger partial charge in [-0.1, -0.05) is 19.3 Å². The first-order valence-electron chi connectivity index (χ1n) is 3.92. The Morgan fingerprint density at radius 1 is 1.08 bits per heavy atom. The van der Waals surface area contributed by atoms with Crippen LogP contribution in [-0.4, -0.2) is 13.1 Å². The van der Waals surface area contributed by atoms with E-state index in [0.29, 0.717) is 0 Å². The van der Waals surface area contributed by atoms with Crippen molar-refractivity contribution < 1.29 is 9.53 Å². The van der Waals surface area contributed by atoms with Crippen LogP contribution in [0.15, 0.2) is 0 Å². The summed E-state index contributed by atoms with van der Waals surface area (Å²) in [7, 11) is 1.47. The summed E-state index contributed by atoms with van der Waals surface area (Å²) >= 11 is 0. The van der Waals surface area contributed by atoms with E-state index in [-0.39, 0.29) is 49.1 Å². The minimum atomic E-state index is -0.0142. The maximum absolute atomic E-state index is 10.9. The third-order valence-electron chi connectivity index (χ3n) is 2.14. The number of hydrogen-bond acceptors (Lipinski definition) is 2. The van der Waals surface area contributed by atoms with Crippen LogP contribution in [0.3, 0.4) is 0 Å². The van der Waals surface area contributed by atoms with Crippen molar-refractivity contribution in [2.24, 2.45) is 5.92 Å². The second-order valence-corrected chi connectivity index (χ2v) is 2.86. The third-order valence-corrected chi connectivity index (χ3v) is 2.14. The van der Waals surface area contributed by atoms with Crippen LogP contribution < -0.4 is 0 Å². The molecule has 1 fully saturated rings. The van der Waals surface area contributed by atoms with Gasteiger partial charge in [0.15, 0.2) is 0 Å². The van der Waals surface area contributed by atoms with Crippen molar-refractivity contribution in [1.29, 1.82) is 0 Å². The molecule has 1 rings (SSSR count). The first-order chi connectivity index (χ1) is 4.84. The number of halogens is 3. The van der Waals surface area contributed by atoms with Crippen molar-refractivity contribution >= 4 is 43.2 Å². The van der Waals surface area contributed by atoms with Crippen LogP contribution in [0.4, 0.5) is 0 Å². The van der Waals surface area contributed by atoms with Gasteiger partial charge in [-0.15, -0.1) is 37.2 Å². The van der Waals surface area contributed by atoms with E-state index < -0.39 is 0 Å². The molecule has 0 aromatic heterocycles. The fourth-order valence-corrected chi connectivity index (χ4v) is 1.50. The average molecular weight is 252 g/mol. The van der Waals surface area contributed by atoms with Gasteiger partial charge < -0.3 is 4.74 Å². The lowest BCUT2D eigenvalue weighted by Gasteiger charge is -2.18. The Kier molecular flexibility index (Phi) is 15.2. The highest BCUT2D eigenvalue weighted by molar-refractivity contribution is 5.86. The zero-order chi connectivity index (χ0) is 7.40. The van der Waals surface area contributed by atoms with Crippen LogP contribution in [0.1, 0.15) is 32.1 Å². The molecule has 82 valence electrons. The van der Waals surface area contributed by atoms with Gasteiger partial charge in [-0.05, 0) is 12.8 Å². The zero-order valence-electron chi connectivity index (χ0n) is 7.65. The van der Waals surface area contributed by atoms with Crippen LogP contribution in [0.25, 0.3) is 0 Å². The number of rotatable bonds is 1. The maximum atomic E-state index is 10.9. The molecule has 13 heavy (non-hydrogen) atoms. The highest BCUT2D eigenvalue weighted by Gasteiger charge is 2.20. The molecule has 0 bridgehead atoms. The molecule has 0 aliphatic heterocycles.